The number of aliphatic imine (C=N–C) groups is 1. The lowest BCUT2D eigenvalue weighted by atomic mass is 10.2. The highest BCUT2D eigenvalue weighted by atomic mass is 79.9. The van der Waals surface area contributed by atoms with E-state index in [1.807, 2.05) is 73.8 Å². The molecule has 0 aromatic heterocycles. The summed E-state index contributed by atoms with van der Waals surface area (Å²) >= 11 is 13.1. The van der Waals surface area contributed by atoms with E-state index in [0.717, 1.165) is 42.1 Å². The van der Waals surface area contributed by atoms with Gasteiger partial charge < -0.3 is 4.74 Å². The van der Waals surface area contributed by atoms with Crippen LogP contribution in [0.2, 0.25) is 5.02 Å². The fourth-order valence-corrected chi connectivity index (χ4v) is 3.66. The van der Waals surface area contributed by atoms with E-state index in [0.29, 0.717) is 6.61 Å². The van der Waals surface area contributed by atoms with Crippen LogP contribution in [0.15, 0.2) is 74.6 Å². The van der Waals surface area contributed by atoms with Crippen LogP contribution in [0.4, 0.5) is 5.69 Å². The maximum absolute atomic E-state index is 6.12. The van der Waals surface area contributed by atoms with Gasteiger partial charge in [-0.3, -0.25) is 4.99 Å². The van der Waals surface area contributed by atoms with Gasteiger partial charge >= 0.3 is 0 Å². The Morgan fingerprint density at radius 3 is 2.54 bits per heavy atom. The van der Waals surface area contributed by atoms with E-state index in [1.165, 1.54) is 0 Å². The van der Waals surface area contributed by atoms with Crippen molar-refractivity contribution in [2.75, 3.05) is 0 Å². The molecule has 0 amide bonds. The molecule has 3 rings (SSSR count). The highest BCUT2D eigenvalue weighted by Crippen LogP contribution is 2.26. The molecule has 0 saturated carbocycles. The molecule has 3 aromatic rings. The molecule has 0 fully saturated rings. The number of hydrogen-bond donors (Lipinski definition) is 0. The van der Waals surface area contributed by atoms with E-state index in [-0.39, 0.29) is 0 Å². The molecule has 0 atom stereocenters. The average molecular weight is 494 g/mol. The van der Waals surface area contributed by atoms with Crippen LogP contribution in [0.5, 0.6) is 5.75 Å². The fraction of sp³-hybridized carbons (Fsp3) is 0.0952. The van der Waals surface area contributed by atoms with Gasteiger partial charge in [-0.1, -0.05) is 55.6 Å². The smallest absolute Gasteiger partial charge is 0.119 e. The third-order valence-electron chi connectivity index (χ3n) is 3.88. The van der Waals surface area contributed by atoms with Crippen LogP contribution in [0.25, 0.3) is 0 Å². The summed E-state index contributed by atoms with van der Waals surface area (Å²) < 4.78 is 7.91. The number of rotatable bonds is 5. The summed E-state index contributed by atoms with van der Waals surface area (Å²) in [5.74, 6) is 0.816. The molecular formula is C21H16Br2ClNO. The van der Waals surface area contributed by atoms with Gasteiger partial charge in [0.25, 0.3) is 0 Å². The summed E-state index contributed by atoms with van der Waals surface area (Å²) in [6.45, 7) is 2.47. The molecule has 132 valence electrons. The molecule has 0 saturated heterocycles. The molecule has 0 unspecified atom stereocenters. The minimum absolute atomic E-state index is 0.503. The van der Waals surface area contributed by atoms with Crippen molar-refractivity contribution >= 4 is 55.4 Å². The number of benzene rings is 3. The first-order chi connectivity index (χ1) is 12.5. The first kappa shape index (κ1) is 19.2. The Morgan fingerprint density at radius 1 is 1.04 bits per heavy atom. The normalized spacial score (nSPS) is 11.1. The van der Waals surface area contributed by atoms with Crippen molar-refractivity contribution in [3.63, 3.8) is 0 Å². The molecule has 0 bridgehead atoms. The van der Waals surface area contributed by atoms with Crippen LogP contribution in [0.1, 0.15) is 16.7 Å². The standard InChI is InChI=1S/C21H16Br2ClNO/c1-14-20(24)3-2-4-21(14)25-12-15-5-9-18(10-6-15)26-13-16-7-8-17(22)11-19(16)23/h2-12H,13H2,1H3. The molecule has 0 aliphatic heterocycles. The second-order valence-corrected chi connectivity index (χ2v) is 7.91. The van der Waals surface area contributed by atoms with E-state index in [1.54, 1.807) is 0 Å². The third-order valence-corrected chi connectivity index (χ3v) is 5.52. The van der Waals surface area contributed by atoms with Crippen LogP contribution < -0.4 is 4.74 Å². The molecule has 2 nitrogen and oxygen atoms in total. The number of hydrogen-bond acceptors (Lipinski definition) is 2. The zero-order valence-corrected chi connectivity index (χ0v) is 18.0. The Morgan fingerprint density at radius 2 is 1.81 bits per heavy atom. The lowest BCUT2D eigenvalue weighted by Gasteiger charge is -2.08. The minimum Gasteiger partial charge on any atom is -0.489 e. The third kappa shape index (κ3) is 4.97. The topological polar surface area (TPSA) is 21.6 Å². The summed E-state index contributed by atoms with van der Waals surface area (Å²) in [6, 6.07) is 19.6. The maximum atomic E-state index is 6.12. The van der Waals surface area contributed by atoms with Crippen molar-refractivity contribution in [3.05, 3.63) is 91.3 Å². The van der Waals surface area contributed by atoms with Crippen LogP contribution in [-0.4, -0.2) is 6.21 Å². The first-order valence-electron chi connectivity index (χ1n) is 7.99. The van der Waals surface area contributed by atoms with Gasteiger partial charge in [-0.05, 0) is 66.6 Å². The highest BCUT2D eigenvalue weighted by Gasteiger charge is 2.03. The molecule has 0 radical (unpaired) electrons. The quantitative estimate of drug-likeness (QED) is 0.337. The van der Waals surface area contributed by atoms with E-state index in [2.05, 4.69) is 36.9 Å². The predicted octanol–water partition coefficient (Wildman–Crippen LogP) is 7.50. The van der Waals surface area contributed by atoms with Crippen molar-refractivity contribution in [3.8, 4) is 5.75 Å². The molecule has 5 heteroatoms. The van der Waals surface area contributed by atoms with Gasteiger partial charge in [0.2, 0.25) is 0 Å². The average Bonchev–Trinajstić information content (AvgIpc) is 2.63. The lowest BCUT2D eigenvalue weighted by Crippen LogP contribution is -1.96. The van der Waals surface area contributed by atoms with Crippen molar-refractivity contribution in [2.24, 2.45) is 4.99 Å². The van der Waals surface area contributed by atoms with Crippen molar-refractivity contribution in [2.45, 2.75) is 13.5 Å². The molecular weight excluding hydrogens is 477 g/mol. The predicted molar refractivity (Wildman–Crippen MR) is 116 cm³/mol. The number of halogens is 3. The monoisotopic (exact) mass is 491 g/mol. The summed E-state index contributed by atoms with van der Waals surface area (Å²) in [5.41, 5.74) is 3.94. The zero-order valence-electron chi connectivity index (χ0n) is 14.0. The van der Waals surface area contributed by atoms with Crippen molar-refractivity contribution in [1.29, 1.82) is 0 Å². The Balaban J connectivity index is 1.65. The van der Waals surface area contributed by atoms with Crippen LogP contribution >= 0.6 is 43.5 Å². The fourth-order valence-electron chi connectivity index (χ4n) is 2.33. The van der Waals surface area contributed by atoms with E-state index < -0.39 is 0 Å². The molecule has 26 heavy (non-hydrogen) atoms. The Kier molecular flexibility index (Phi) is 6.52. The molecule has 3 aromatic carbocycles. The summed E-state index contributed by atoms with van der Waals surface area (Å²) in [4.78, 5) is 4.52. The second-order valence-electron chi connectivity index (χ2n) is 5.74. The second kappa shape index (κ2) is 8.85. The molecule has 0 spiro atoms. The Bertz CT molecular complexity index is 939. The van der Waals surface area contributed by atoms with Gasteiger partial charge in [-0.15, -0.1) is 0 Å². The van der Waals surface area contributed by atoms with E-state index in [4.69, 9.17) is 16.3 Å². The first-order valence-corrected chi connectivity index (χ1v) is 9.95. The molecule has 0 aliphatic carbocycles. The maximum Gasteiger partial charge on any atom is 0.119 e. The van der Waals surface area contributed by atoms with Gasteiger partial charge in [0, 0.05) is 25.7 Å². The lowest BCUT2D eigenvalue weighted by molar-refractivity contribution is 0.305. The van der Waals surface area contributed by atoms with Crippen molar-refractivity contribution in [1.82, 2.24) is 0 Å². The largest absolute Gasteiger partial charge is 0.489 e. The van der Waals surface area contributed by atoms with Gasteiger partial charge in [-0.25, -0.2) is 0 Å². The van der Waals surface area contributed by atoms with E-state index >= 15 is 0 Å². The van der Waals surface area contributed by atoms with Crippen LogP contribution in [0, 0.1) is 6.92 Å². The summed E-state index contributed by atoms with van der Waals surface area (Å²) in [7, 11) is 0. The Labute approximate surface area is 175 Å². The molecule has 0 heterocycles. The van der Waals surface area contributed by atoms with Crippen molar-refractivity contribution < 1.29 is 4.74 Å². The molecule has 0 aliphatic rings. The SMILES string of the molecule is Cc1c(Cl)cccc1N=Cc1ccc(OCc2ccc(Br)cc2Br)cc1. The minimum atomic E-state index is 0.503. The molecule has 0 N–H and O–H groups in total. The van der Waals surface area contributed by atoms with Gasteiger partial charge in [-0.2, -0.15) is 0 Å². The van der Waals surface area contributed by atoms with Gasteiger partial charge in [0.05, 0.1) is 5.69 Å². The van der Waals surface area contributed by atoms with Crippen LogP contribution in [0.3, 0.4) is 0 Å². The highest BCUT2D eigenvalue weighted by molar-refractivity contribution is 9.11. The van der Waals surface area contributed by atoms with Gasteiger partial charge in [0.15, 0.2) is 0 Å². The zero-order chi connectivity index (χ0) is 18.5. The number of nitrogens with zero attached hydrogens (tertiary/aromatic N) is 1. The number of ether oxygens (including phenoxy) is 1. The van der Waals surface area contributed by atoms with Gasteiger partial charge in [0.1, 0.15) is 12.4 Å². The Hall–Kier alpha value is -1.62. The van der Waals surface area contributed by atoms with Crippen LogP contribution in [-0.2, 0) is 6.61 Å². The van der Waals surface area contributed by atoms with E-state index in [9.17, 15) is 0 Å². The summed E-state index contributed by atoms with van der Waals surface area (Å²) in [5, 5.41) is 0.725. The summed E-state index contributed by atoms with van der Waals surface area (Å²) in [6.07, 6.45) is 1.83.